The van der Waals surface area contributed by atoms with Crippen LogP contribution < -0.4 is 0 Å². The number of aliphatic hydroxyl groups excluding tert-OH is 1. The maximum absolute atomic E-state index is 9.74. The van der Waals surface area contributed by atoms with Gasteiger partial charge in [0.25, 0.3) is 0 Å². The highest BCUT2D eigenvalue weighted by Gasteiger charge is 2.08. The van der Waals surface area contributed by atoms with Crippen molar-refractivity contribution in [3.05, 3.63) is 28.3 Å². The molecule has 0 unspecified atom stereocenters. The fourth-order valence-electron chi connectivity index (χ4n) is 1.84. The molecular weight excluding hydrogens is 188 g/mol. The molecule has 0 aliphatic heterocycles. The van der Waals surface area contributed by atoms with Gasteiger partial charge in [0.1, 0.15) is 5.75 Å². The SMILES string of the molecule is Cc1cc(CCCCO)c(C)c(C)c1O. The van der Waals surface area contributed by atoms with E-state index in [-0.39, 0.29) is 6.61 Å². The molecule has 0 aromatic heterocycles. The average Bonchev–Trinajstić information content (AvgIpc) is 2.23. The van der Waals surface area contributed by atoms with E-state index in [1.54, 1.807) is 0 Å². The first-order valence-electron chi connectivity index (χ1n) is 5.47. The summed E-state index contributed by atoms with van der Waals surface area (Å²) in [5.74, 6) is 0.415. The van der Waals surface area contributed by atoms with Crippen molar-refractivity contribution >= 4 is 0 Å². The predicted octanol–water partition coefficient (Wildman–Crippen LogP) is 2.63. The monoisotopic (exact) mass is 208 g/mol. The Labute approximate surface area is 91.6 Å². The van der Waals surface area contributed by atoms with Gasteiger partial charge in [0.2, 0.25) is 0 Å². The van der Waals surface area contributed by atoms with Crippen LogP contribution >= 0.6 is 0 Å². The summed E-state index contributed by atoms with van der Waals surface area (Å²) in [6, 6.07) is 2.05. The number of benzene rings is 1. The van der Waals surface area contributed by atoms with Crippen LogP contribution in [0.4, 0.5) is 0 Å². The number of aliphatic hydroxyl groups is 1. The zero-order valence-corrected chi connectivity index (χ0v) is 9.80. The molecule has 0 amide bonds. The van der Waals surface area contributed by atoms with Crippen LogP contribution in [0.15, 0.2) is 6.07 Å². The average molecular weight is 208 g/mol. The molecule has 0 radical (unpaired) electrons. The molecule has 1 aromatic rings. The number of phenolic OH excluding ortho intramolecular Hbond substituents is 1. The van der Waals surface area contributed by atoms with E-state index in [2.05, 4.69) is 6.07 Å². The van der Waals surface area contributed by atoms with E-state index < -0.39 is 0 Å². The Morgan fingerprint density at radius 1 is 1.07 bits per heavy atom. The third kappa shape index (κ3) is 2.72. The zero-order valence-electron chi connectivity index (χ0n) is 9.80. The lowest BCUT2D eigenvalue weighted by atomic mass is 9.95. The van der Waals surface area contributed by atoms with Crippen molar-refractivity contribution in [3.63, 3.8) is 0 Å². The second-order valence-electron chi connectivity index (χ2n) is 4.13. The van der Waals surface area contributed by atoms with Crippen LogP contribution in [0, 0.1) is 20.8 Å². The van der Waals surface area contributed by atoms with Gasteiger partial charge in [-0.05, 0) is 62.3 Å². The third-order valence-corrected chi connectivity index (χ3v) is 3.02. The highest BCUT2D eigenvalue weighted by Crippen LogP contribution is 2.28. The van der Waals surface area contributed by atoms with Crippen molar-refractivity contribution in [2.24, 2.45) is 0 Å². The lowest BCUT2D eigenvalue weighted by Crippen LogP contribution is -1.96. The van der Waals surface area contributed by atoms with E-state index in [1.165, 1.54) is 11.1 Å². The molecule has 0 aliphatic carbocycles. The van der Waals surface area contributed by atoms with Gasteiger partial charge in [-0.2, -0.15) is 0 Å². The van der Waals surface area contributed by atoms with Crippen LogP contribution in [-0.2, 0) is 6.42 Å². The van der Waals surface area contributed by atoms with Gasteiger partial charge in [-0.1, -0.05) is 6.07 Å². The van der Waals surface area contributed by atoms with E-state index >= 15 is 0 Å². The molecule has 0 fully saturated rings. The van der Waals surface area contributed by atoms with Gasteiger partial charge >= 0.3 is 0 Å². The summed E-state index contributed by atoms with van der Waals surface area (Å²) >= 11 is 0. The van der Waals surface area contributed by atoms with Gasteiger partial charge in [0.15, 0.2) is 0 Å². The number of hydrogen-bond acceptors (Lipinski definition) is 2. The Hall–Kier alpha value is -1.02. The number of hydrogen-bond donors (Lipinski definition) is 2. The molecule has 0 aliphatic rings. The first-order chi connectivity index (χ1) is 7.07. The van der Waals surface area contributed by atoms with Crippen LogP contribution in [0.3, 0.4) is 0 Å². The highest BCUT2D eigenvalue weighted by molar-refractivity contribution is 5.48. The highest BCUT2D eigenvalue weighted by atomic mass is 16.3. The van der Waals surface area contributed by atoms with Gasteiger partial charge in [0, 0.05) is 6.61 Å². The largest absolute Gasteiger partial charge is 0.507 e. The summed E-state index contributed by atoms with van der Waals surface area (Å²) in [5.41, 5.74) is 4.39. The molecule has 1 aromatic carbocycles. The molecular formula is C13H20O2. The Morgan fingerprint density at radius 2 is 1.73 bits per heavy atom. The van der Waals surface area contributed by atoms with Crippen molar-refractivity contribution in [2.75, 3.05) is 6.61 Å². The van der Waals surface area contributed by atoms with Gasteiger partial charge in [-0.15, -0.1) is 0 Å². The molecule has 0 saturated heterocycles. The van der Waals surface area contributed by atoms with Crippen molar-refractivity contribution in [3.8, 4) is 5.75 Å². The lowest BCUT2D eigenvalue weighted by molar-refractivity contribution is 0.284. The van der Waals surface area contributed by atoms with E-state index in [1.807, 2.05) is 20.8 Å². The van der Waals surface area contributed by atoms with Crippen LogP contribution in [0.5, 0.6) is 5.75 Å². The fraction of sp³-hybridized carbons (Fsp3) is 0.538. The Morgan fingerprint density at radius 3 is 2.33 bits per heavy atom. The lowest BCUT2D eigenvalue weighted by Gasteiger charge is -2.12. The van der Waals surface area contributed by atoms with E-state index in [0.29, 0.717) is 5.75 Å². The van der Waals surface area contributed by atoms with E-state index in [0.717, 1.165) is 30.4 Å². The molecule has 1 rings (SSSR count). The maximum atomic E-state index is 9.74. The summed E-state index contributed by atoms with van der Waals surface area (Å²) in [6.07, 6.45) is 2.83. The minimum atomic E-state index is 0.259. The van der Waals surface area contributed by atoms with Crippen LogP contribution in [0.2, 0.25) is 0 Å². The molecule has 15 heavy (non-hydrogen) atoms. The summed E-state index contributed by atoms with van der Waals surface area (Å²) in [6.45, 7) is 6.18. The summed E-state index contributed by atoms with van der Waals surface area (Å²) in [4.78, 5) is 0. The fourth-order valence-corrected chi connectivity index (χ4v) is 1.84. The first kappa shape index (κ1) is 12.1. The number of unbranched alkanes of at least 4 members (excludes halogenated alkanes) is 1. The Kier molecular flexibility index (Phi) is 4.15. The number of rotatable bonds is 4. The second kappa shape index (κ2) is 5.17. The van der Waals surface area contributed by atoms with Gasteiger partial charge in [-0.25, -0.2) is 0 Å². The molecule has 2 nitrogen and oxygen atoms in total. The topological polar surface area (TPSA) is 40.5 Å². The summed E-state index contributed by atoms with van der Waals surface area (Å²) in [5, 5.41) is 18.5. The first-order valence-corrected chi connectivity index (χ1v) is 5.47. The smallest absolute Gasteiger partial charge is 0.121 e. The number of phenols is 1. The van der Waals surface area contributed by atoms with Crippen LogP contribution in [-0.4, -0.2) is 16.8 Å². The quantitative estimate of drug-likeness (QED) is 0.747. The molecule has 0 saturated carbocycles. The molecule has 0 bridgehead atoms. The molecule has 0 heterocycles. The number of aryl methyl sites for hydroxylation is 2. The van der Waals surface area contributed by atoms with E-state index in [9.17, 15) is 5.11 Å². The van der Waals surface area contributed by atoms with Crippen LogP contribution in [0.1, 0.15) is 35.1 Å². The van der Waals surface area contributed by atoms with Gasteiger partial charge in [0.05, 0.1) is 0 Å². The Bertz CT molecular complexity index is 343. The molecule has 0 atom stereocenters. The van der Waals surface area contributed by atoms with Crippen molar-refractivity contribution in [2.45, 2.75) is 40.0 Å². The minimum absolute atomic E-state index is 0.259. The predicted molar refractivity (Wildman–Crippen MR) is 62.3 cm³/mol. The molecule has 2 N–H and O–H groups in total. The second-order valence-corrected chi connectivity index (χ2v) is 4.13. The molecule has 0 spiro atoms. The third-order valence-electron chi connectivity index (χ3n) is 3.02. The van der Waals surface area contributed by atoms with Crippen molar-refractivity contribution in [1.82, 2.24) is 0 Å². The van der Waals surface area contributed by atoms with Crippen molar-refractivity contribution < 1.29 is 10.2 Å². The summed E-state index contributed by atoms with van der Waals surface area (Å²) < 4.78 is 0. The van der Waals surface area contributed by atoms with E-state index in [4.69, 9.17) is 5.11 Å². The molecule has 2 heteroatoms. The van der Waals surface area contributed by atoms with Gasteiger partial charge < -0.3 is 10.2 Å². The minimum Gasteiger partial charge on any atom is -0.507 e. The normalized spacial score (nSPS) is 10.7. The summed E-state index contributed by atoms with van der Waals surface area (Å²) in [7, 11) is 0. The van der Waals surface area contributed by atoms with Crippen molar-refractivity contribution in [1.29, 1.82) is 0 Å². The van der Waals surface area contributed by atoms with Crippen LogP contribution in [0.25, 0.3) is 0 Å². The molecule has 84 valence electrons. The zero-order chi connectivity index (χ0) is 11.4. The standard InChI is InChI=1S/C13H20O2/c1-9-8-12(6-4-5-7-14)10(2)11(3)13(9)15/h8,14-15H,4-7H2,1-3H3. The number of aromatic hydroxyl groups is 1. The Balaban J connectivity index is 2.89. The van der Waals surface area contributed by atoms with Gasteiger partial charge in [-0.3, -0.25) is 0 Å². The maximum Gasteiger partial charge on any atom is 0.121 e.